The lowest BCUT2D eigenvalue weighted by Gasteiger charge is -2.17. The molecule has 1 unspecified atom stereocenters. The molecule has 1 atom stereocenters. The van der Waals surface area contributed by atoms with Gasteiger partial charge in [-0.2, -0.15) is 5.26 Å². The number of amides is 1. The molecule has 1 N–H and O–H groups in total. The van der Waals surface area contributed by atoms with Gasteiger partial charge in [0.2, 0.25) is 11.7 Å². The molecule has 1 aromatic carbocycles. The molecule has 1 aliphatic carbocycles. The highest BCUT2D eigenvalue weighted by Crippen LogP contribution is 2.42. The van der Waals surface area contributed by atoms with E-state index in [1.165, 1.54) is 28.0 Å². The van der Waals surface area contributed by atoms with Crippen LogP contribution in [0.15, 0.2) is 17.3 Å². The van der Waals surface area contributed by atoms with Gasteiger partial charge in [0.1, 0.15) is 11.1 Å². The highest BCUT2D eigenvalue weighted by Gasteiger charge is 2.25. The number of aromatic nitrogens is 3. The number of nitrogens with one attached hydrogen (secondary N) is 1. The number of rotatable bonds is 9. The van der Waals surface area contributed by atoms with Gasteiger partial charge in [-0.1, -0.05) is 18.7 Å². The zero-order chi connectivity index (χ0) is 25.8. The Morgan fingerprint density at radius 1 is 1.25 bits per heavy atom. The summed E-state index contributed by atoms with van der Waals surface area (Å²) in [5.74, 6) is 2.74. The predicted octanol–water partition coefficient (Wildman–Crippen LogP) is 4.78. The van der Waals surface area contributed by atoms with Gasteiger partial charge in [-0.05, 0) is 49.8 Å². The third kappa shape index (κ3) is 5.01. The largest absolute Gasteiger partial charge is 0.493 e. The van der Waals surface area contributed by atoms with Crippen molar-refractivity contribution in [1.82, 2.24) is 14.8 Å². The maximum Gasteiger partial charge on any atom is 0.235 e. The zero-order valence-electron chi connectivity index (χ0n) is 21.0. The van der Waals surface area contributed by atoms with Crippen molar-refractivity contribution in [2.45, 2.75) is 44.8 Å². The van der Waals surface area contributed by atoms with Crippen LogP contribution in [0.25, 0.3) is 11.4 Å². The number of benzene rings is 1. The molecule has 4 rings (SSSR count). The molecule has 2 heterocycles. The van der Waals surface area contributed by atoms with Crippen LogP contribution in [-0.4, -0.2) is 47.8 Å². The van der Waals surface area contributed by atoms with Crippen LogP contribution in [0, 0.1) is 17.2 Å². The average Bonchev–Trinajstić information content (AvgIpc) is 3.45. The number of nitrogens with zero attached hydrogens (tertiary/aromatic N) is 4. The predicted molar refractivity (Wildman–Crippen MR) is 140 cm³/mol. The van der Waals surface area contributed by atoms with Crippen LogP contribution in [-0.2, 0) is 24.2 Å². The monoisotopic (exact) mass is 527 g/mol. The molecule has 0 aliphatic heterocycles. The first-order valence-electron chi connectivity index (χ1n) is 11.6. The number of anilines is 1. The van der Waals surface area contributed by atoms with Crippen LogP contribution in [0.2, 0.25) is 0 Å². The van der Waals surface area contributed by atoms with Crippen molar-refractivity contribution in [3.05, 3.63) is 28.1 Å². The Kier molecular flexibility index (Phi) is 8.06. The van der Waals surface area contributed by atoms with Crippen molar-refractivity contribution in [2.24, 2.45) is 5.92 Å². The zero-order valence-corrected chi connectivity index (χ0v) is 22.6. The molecule has 0 spiro atoms. The fraction of sp³-hybridized carbons (Fsp3) is 0.440. The van der Waals surface area contributed by atoms with Gasteiger partial charge in [0.25, 0.3) is 0 Å². The van der Waals surface area contributed by atoms with E-state index < -0.39 is 0 Å². The van der Waals surface area contributed by atoms with Crippen molar-refractivity contribution >= 4 is 34.0 Å². The number of nitriles is 1. The van der Waals surface area contributed by atoms with Crippen LogP contribution in [0.5, 0.6) is 17.2 Å². The Labute approximate surface area is 218 Å². The number of carbonyl (C=O) groups is 1. The lowest BCUT2D eigenvalue weighted by Crippen LogP contribution is -2.14. The van der Waals surface area contributed by atoms with Gasteiger partial charge in [0, 0.05) is 17.0 Å². The normalized spacial score (nSPS) is 14.6. The summed E-state index contributed by atoms with van der Waals surface area (Å²) in [6.45, 7) is 4.82. The fourth-order valence-corrected chi connectivity index (χ4v) is 6.53. The molecule has 11 heteroatoms. The number of thioether (sulfide) groups is 1. The van der Waals surface area contributed by atoms with Gasteiger partial charge in [0.05, 0.1) is 32.6 Å². The van der Waals surface area contributed by atoms with Crippen LogP contribution in [0.3, 0.4) is 0 Å². The Balaban J connectivity index is 1.51. The molecule has 3 aromatic rings. The van der Waals surface area contributed by atoms with Crippen molar-refractivity contribution in [1.29, 1.82) is 5.26 Å². The maximum atomic E-state index is 12.8. The second kappa shape index (κ2) is 11.2. The molecule has 9 nitrogen and oxygen atoms in total. The van der Waals surface area contributed by atoms with Gasteiger partial charge in [0.15, 0.2) is 22.5 Å². The third-order valence-electron chi connectivity index (χ3n) is 6.16. The van der Waals surface area contributed by atoms with E-state index in [0.717, 1.165) is 30.4 Å². The van der Waals surface area contributed by atoms with Crippen LogP contribution in [0.4, 0.5) is 5.00 Å². The van der Waals surface area contributed by atoms with Crippen molar-refractivity contribution < 1.29 is 19.0 Å². The number of methoxy groups -OCH3 is 3. The van der Waals surface area contributed by atoms with E-state index in [1.54, 1.807) is 21.3 Å². The number of carbonyl (C=O) groups excluding carboxylic acids is 1. The molecule has 0 radical (unpaired) electrons. The topological polar surface area (TPSA) is 111 Å². The van der Waals surface area contributed by atoms with Gasteiger partial charge in [-0.25, -0.2) is 0 Å². The van der Waals surface area contributed by atoms with Crippen LogP contribution in [0.1, 0.15) is 36.3 Å². The van der Waals surface area contributed by atoms with Gasteiger partial charge in [-0.3, -0.25) is 4.79 Å². The van der Waals surface area contributed by atoms with Crippen molar-refractivity contribution in [3.63, 3.8) is 0 Å². The number of hydrogen-bond donors (Lipinski definition) is 1. The summed E-state index contributed by atoms with van der Waals surface area (Å²) in [6, 6.07) is 5.94. The summed E-state index contributed by atoms with van der Waals surface area (Å²) in [7, 11) is 4.68. The number of hydrogen-bond acceptors (Lipinski definition) is 9. The quantitative estimate of drug-likeness (QED) is 0.396. The molecular weight excluding hydrogens is 498 g/mol. The highest BCUT2D eigenvalue weighted by atomic mass is 32.2. The van der Waals surface area contributed by atoms with E-state index in [4.69, 9.17) is 14.2 Å². The fourth-order valence-electron chi connectivity index (χ4n) is 4.35. The molecule has 190 valence electrons. The highest BCUT2D eigenvalue weighted by molar-refractivity contribution is 7.99. The SMILES string of the molecule is CCn1c(SCC(=O)Nc2sc3c(c2C#N)CCC(C)C3)nnc1-c1cc(OC)c(OC)c(OC)c1. The first kappa shape index (κ1) is 25.9. The number of thiophene rings is 1. The molecule has 1 amide bonds. The molecule has 0 bridgehead atoms. The summed E-state index contributed by atoms with van der Waals surface area (Å²) in [5.41, 5.74) is 2.47. The maximum absolute atomic E-state index is 12.8. The first-order valence-corrected chi connectivity index (χ1v) is 13.4. The van der Waals surface area contributed by atoms with Gasteiger partial charge >= 0.3 is 0 Å². The van der Waals surface area contributed by atoms with Crippen molar-refractivity contribution in [3.8, 4) is 34.7 Å². The third-order valence-corrected chi connectivity index (χ3v) is 8.30. The van der Waals surface area contributed by atoms with Crippen LogP contribution >= 0.6 is 23.1 Å². The smallest absolute Gasteiger partial charge is 0.235 e. The molecular formula is C25H29N5O4S2. The minimum atomic E-state index is -0.178. The molecule has 36 heavy (non-hydrogen) atoms. The van der Waals surface area contributed by atoms with E-state index in [0.29, 0.717) is 51.3 Å². The summed E-state index contributed by atoms with van der Waals surface area (Å²) >= 11 is 2.83. The number of ether oxygens (including phenoxy) is 3. The molecule has 1 aliphatic rings. The Morgan fingerprint density at radius 2 is 1.97 bits per heavy atom. The standard InChI is InChI=1S/C25H29N5O4S2/c1-6-30-23(15-10-18(32-3)22(34-5)19(11-15)33-4)28-29-25(30)35-13-21(31)27-24-17(12-26)16-8-7-14(2)9-20(16)36-24/h10-11,14H,6-9,13H2,1-5H3,(H,27,31). The van der Waals surface area contributed by atoms with Crippen LogP contribution < -0.4 is 19.5 Å². The van der Waals surface area contributed by atoms with E-state index in [1.807, 2.05) is 23.6 Å². The summed E-state index contributed by atoms with van der Waals surface area (Å²) < 4.78 is 18.3. The number of fused-ring (bicyclic) bond motifs is 1. The van der Waals surface area contributed by atoms with E-state index in [2.05, 4.69) is 28.5 Å². The molecule has 2 aromatic heterocycles. The average molecular weight is 528 g/mol. The molecule has 0 fully saturated rings. The lowest BCUT2D eigenvalue weighted by molar-refractivity contribution is -0.113. The van der Waals surface area contributed by atoms with Gasteiger partial charge in [-0.15, -0.1) is 21.5 Å². The second-order valence-corrected chi connectivity index (χ2v) is 10.5. The summed E-state index contributed by atoms with van der Waals surface area (Å²) in [5, 5.41) is 22.6. The summed E-state index contributed by atoms with van der Waals surface area (Å²) in [6.07, 6.45) is 2.93. The molecule has 0 saturated carbocycles. The Hall–Kier alpha value is -3.23. The van der Waals surface area contributed by atoms with E-state index >= 15 is 0 Å². The lowest BCUT2D eigenvalue weighted by atomic mass is 9.89. The Bertz CT molecular complexity index is 1290. The summed E-state index contributed by atoms with van der Waals surface area (Å²) in [4.78, 5) is 14.0. The second-order valence-electron chi connectivity index (χ2n) is 8.47. The minimum Gasteiger partial charge on any atom is -0.493 e. The first-order chi connectivity index (χ1) is 17.4. The van der Waals surface area contributed by atoms with E-state index in [9.17, 15) is 10.1 Å². The molecule has 0 saturated heterocycles. The van der Waals surface area contributed by atoms with Crippen molar-refractivity contribution in [2.75, 3.05) is 32.4 Å². The Morgan fingerprint density at radius 3 is 2.58 bits per heavy atom. The minimum absolute atomic E-state index is 0.150. The van der Waals surface area contributed by atoms with E-state index in [-0.39, 0.29) is 11.7 Å². The van der Waals surface area contributed by atoms with Gasteiger partial charge < -0.3 is 24.1 Å².